The third-order valence-corrected chi connectivity index (χ3v) is 2.45. The monoisotopic (exact) mass is 310 g/mol. The summed E-state index contributed by atoms with van der Waals surface area (Å²) in [4.78, 5) is 33.7. The van der Waals surface area contributed by atoms with E-state index < -0.39 is 12.2 Å². The number of hydrogen-bond donors (Lipinski definition) is 2. The zero-order chi connectivity index (χ0) is 16.4. The number of methoxy groups -OCH3 is 1. The molecule has 120 valence electrons. The Balaban J connectivity index is 2.40. The van der Waals surface area contributed by atoms with Gasteiger partial charge in [0.15, 0.2) is 0 Å². The van der Waals surface area contributed by atoms with E-state index in [2.05, 4.69) is 20.1 Å². The van der Waals surface area contributed by atoms with Crippen molar-refractivity contribution in [2.24, 2.45) is 0 Å². The third kappa shape index (κ3) is 6.12. The SMILES string of the molecule is CCOC(=O)Oc1ccc(C(=O)NCCNC(=O)OC)cc1. The first-order chi connectivity index (χ1) is 10.6. The van der Waals surface area contributed by atoms with Crippen LogP contribution < -0.4 is 15.4 Å². The fourth-order valence-electron chi connectivity index (χ4n) is 1.43. The van der Waals surface area contributed by atoms with Gasteiger partial charge in [0.1, 0.15) is 5.75 Å². The molecule has 0 heterocycles. The number of ether oxygens (including phenoxy) is 3. The lowest BCUT2D eigenvalue weighted by Crippen LogP contribution is -2.34. The Morgan fingerprint density at radius 2 is 1.68 bits per heavy atom. The first kappa shape index (κ1) is 17.3. The van der Waals surface area contributed by atoms with Crippen LogP contribution in [-0.4, -0.2) is 45.0 Å². The molecule has 0 saturated heterocycles. The fraction of sp³-hybridized carbons (Fsp3) is 0.357. The van der Waals surface area contributed by atoms with Gasteiger partial charge in [-0.2, -0.15) is 0 Å². The number of amides is 2. The maximum absolute atomic E-state index is 11.8. The van der Waals surface area contributed by atoms with Crippen molar-refractivity contribution in [1.82, 2.24) is 10.6 Å². The number of nitrogens with one attached hydrogen (secondary N) is 2. The Labute approximate surface area is 127 Å². The van der Waals surface area contributed by atoms with Gasteiger partial charge in [0, 0.05) is 18.7 Å². The molecule has 0 aliphatic rings. The van der Waals surface area contributed by atoms with Crippen LogP contribution in [0.15, 0.2) is 24.3 Å². The zero-order valence-electron chi connectivity index (χ0n) is 12.4. The van der Waals surface area contributed by atoms with Gasteiger partial charge >= 0.3 is 12.2 Å². The lowest BCUT2D eigenvalue weighted by molar-refractivity contribution is 0.0952. The molecule has 0 spiro atoms. The van der Waals surface area contributed by atoms with E-state index in [4.69, 9.17) is 4.74 Å². The normalized spacial score (nSPS) is 9.55. The van der Waals surface area contributed by atoms with E-state index in [1.807, 2.05) is 0 Å². The molecular formula is C14H18N2O6. The molecule has 0 unspecified atom stereocenters. The van der Waals surface area contributed by atoms with Crippen molar-refractivity contribution in [3.05, 3.63) is 29.8 Å². The molecule has 0 atom stereocenters. The average molecular weight is 310 g/mol. The predicted molar refractivity (Wildman–Crippen MR) is 76.8 cm³/mol. The molecule has 1 aromatic carbocycles. The molecule has 8 heteroatoms. The Bertz CT molecular complexity index is 515. The minimum absolute atomic E-state index is 0.221. The minimum atomic E-state index is -0.798. The molecule has 0 aromatic heterocycles. The van der Waals surface area contributed by atoms with E-state index in [0.29, 0.717) is 5.56 Å². The molecule has 0 bridgehead atoms. The number of carbonyl (C=O) groups is 3. The van der Waals surface area contributed by atoms with Gasteiger partial charge in [-0.25, -0.2) is 9.59 Å². The Hall–Kier alpha value is -2.77. The van der Waals surface area contributed by atoms with Crippen molar-refractivity contribution in [3.63, 3.8) is 0 Å². The number of benzene rings is 1. The van der Waals surface area contributed by atoms with Gasteiger partial charge in [-0.05, 0) is 31.2 Å². The molecule has 2 amide bonds. The summed E-state index contributed by atoms with van der Waals surface area (Å²) in [5.41, 5.74) is 0.397. The van der Waals surface area contributed by atoms with Gasteiger partial charge in [-0.15, -0.1) is 0 Å². The number of rotatable bonds is 6. The second-order valence-corrected chi connectivity index (χ2v) is 3.98. The number of hydrogen-bond acceptors (Lipinski definition) is 6. The largest absolute Gasteiger partial charge is 0.513 e. The molecular weight excluding hydrogens is 292 g/mol. The van der Waals surface area contributed by atoms with Crippen LogP contribution in [0.3, 0.4) is 0 Å². The van der Waals surface area contributed by atoms with Crippen LogP contribution in [0.25, 0.3) is 0 Å². The summed E-state index contributed by atoms with van der Waals surface area (Å²) >= 11 is 0. The van der Waals surface area contributed by atoms with E-state index in [9.17, 15) is 14.4 Å². The first-order valence-electron chi connectivity index (χ1n) is 6.61. The highest BCUT2D eigenvalue weighted by Crippen LogP contribution is 2.12. The molecule has 8 nitrogen and oxygen atoms in total. The van der Waals surface area contributed by atoms with Gasteiger partial charge < -0.3 is 24.8 Å². The van der Waals surface area contributed by atoms with Crippen molar-refractivity contribution in [3.8, 4) is 5.75 Å². The van der Waals surface area contributed by atoms with Crippen LogP contribution in [-0.2, 0) is 9.47 Å². The highest BCUT2D eigenvalue weighted by molar-refractivity contribution is 5.94. The fourth-order valence-corrected chi connectivity index (χ4v) is 1.43. The highest BCUT2D eigenvalue weighted by Gasteiger charge is 2.08. The summed E-state index contributed by atoms with van der Waals surface area (Å²) in [5, 5.41) is 5.05. The van der Waals surface area contributed by atoms with Crippen molar-refractivity contribution < 1.29 is 28.6 Å². The second kappa shape index (κ2) is 9.22. The molecule has 0 radical (unpaired) electrons. The number of carbonyl (C=O) groups excluding carboxylic acids is 3. The van der Waals surface area contributed by atoms with Gasteiger partial charge in [-0.3, -0.25) is 4.79 Å². The average Bonchev–Trinajstić information content (AvgIpc) is 2.52. The molecule has 0 aliphatic carbocycles. The van der Waals surface area contributed by atoms with Crippen LogP contribution in [0.5, 0.6) is 5.75 Å². The Kier molecular flexibility index (Phi) is 7.24. The van der Waals surface area contributed by atoms with Crippen LogP contribution in [0.2, 0.25) is 0 Å². The highest BCUT2D eigenvalue weighted by atomic mass is 16.7. The molecule has 0 fully saturated rings. The topological polar surface area (TPSA) is 103 Å². The van der Waals surface area contributed by atoms with Crippen molar-refractivity contribution in [1.29, 1.82) is 0 Å². The zero-order valence-corrected chi connectivity index (χ0v) is 12.4. The predicted octanol–water partition coefficient (Wildman–Crippen LogP) is 1.31. The van der Waals surface area contributed by atoms with E-state index >= 15 is 0 Å². The van der Waals surface area contributed by atoms with Crippen LogP contribution in [0.1, 0.15) is 17.3 Å². The summed E-state index contributed by atoms with van der Waals surface area (Å²) in [6, 6.07) is 5.99. The lowest BCUT2D eigenvalue weighted by Gasteiger charge is -2.07. The van der Waals surface area contributed by atoms with Crippen LogP contribution in [0.4, 0.5) is 9.59 Å². The quantitative estimate of drug-likeness (QED) is 0.466. The summed E-state index contributed by atoms with van der Waals surface area (Å²) < 4.78 is 13.9. The van der Waals surface area contributed by atoms with E-state index in [1.54, 1.807) is 6.92 Å². The molecule has 0 saturated carbocycles. The molecule has 1 aromatic rings. The maximum Gasteiger partial charge on any atom is 0.513 e. The standard InChI is InChI=1S/C14H18N2O6/c1-3-21-14(19)22-11-6-4-10(5-7-11)12(17)15-8-9-16-13(18)20-2/h4-7H,3,8-9H2,1-2H3,(H,15,17)(H,16,18). The first-order valence-corrected chi connectivity index (χ1v) is 6.61. The summed E-state index contributed by atoms with van der Waals surface area (Å²) in [5.74, 6) is -0.0308. The van der Waals surface area contributed by atoms with E-state index in [0.717, 1.165) is 0 Å². The van der Waals surface area contributed by atoms with E-state index in [1.165, 1.54) is 31.4 Å². The second-order valence-electron chi connectivity index (χ2n) is 3.98. The van der Waals surface area contributed by atoms with Crippen molar-refractivity contribution >= 4 is 18.2 Å². The Morgan fingerprint density at radius 3 is 2.27 bits per heavy atom. The molecule has 0 aliphatic heterocycles. The third-order valence-electron chi connectivity index (χ3n) is 2.45. The summed E-state index contributed by atoms with van der Waals surface area (Å²) in [7, 11) is 1.26. The minimum Gasteiger partial charge on any atom is -0.453 e. The summed E-state index contributed by atoms with van der Waals surface area (Å²) in [6.07, 6.45) is -1.36. The number of alkyl carbamates (subject to hydrolysis) is 1. The van der Waals surface area contributed by atoms with Gasteiger partial charge in [-0.1, -0.05) is 0 Å². The summed E-state index contributed by atoms with van der Waals surface area (Å²) in [6.45, 7) is 2.40. The lowest BCUT2D eigenvalue weighted by atomic mass is 10.2. The van der Waals surface area contributed by atoms with Crippen LogP contribution in [0, 0.1) is 0 Å². The molecule has 22 heavy (non-hydrogen) atoms. The smallest absolute Gasteiger partial charge is 0.453 e. The van der Waals surface area contributed by atoms with Gasteiger partial charge in [0.25, 0.3) is 5.91 Å². The van der Waals surface area contributed by atoms with Crippen molar-refractivity contribution in [2.75, 3.05) is 26.8 Å². The van der Waals surface area contributed by atoms with Gasteiger partial charge in [0.05, 0.1) is 13.7 Å². The molecule has 2 N–H and O–H groups in total. The molecule has 1 rings (SSSR count). The van der Waals surface area contributed by atoms with Crippen LogP contribution >= 0.6 is 0 Å². The van der Waals surface area contributed by atoms with E-state index in [-0.39, 0.29) is 31.4 Å². The maximum atomic E-state index is 11.8. The van der Waals surface area contributed by atoms with Crippen molar-refractivity contribution in [2.45, 2.75) is 6.92 Å². The Morgan fingerprint density at radius 1 is 1.05 bits per heavy atom. The van der Waals surface area contributed by atoms with Gasteiger partial charge in [0.2, 0.25) is 0 Å².